The quantitative estimate of drug-likeness (QED) is 0.238. The molecule has 0 spiro atoms. The molecule has 4 aromatic rings. The molecule has 1 saturated carbocycles. The van der Waals surface area contributed by atoms with E-state index in [2.05, 4.69) is 21.4 Å². The molecule has 3 N–H and O–H groups in total. The molecule has 0 saturated heterocycles. The Balaban J connectivity index is 1.68. The minimum Gasteiger partial charge on any atom is -0.476 e. The fourth-order valence-electron chi connectivity index (χ4n) is 4.58. The first-order chi connectivity index (χ1) is 19.3. The van der Waals surface area contributed by atoms with Crippen molar-refractivity contribution >= 4 is 27.3 Å². The van der Waals surface area contributed by atoms with Crippen molar-refractivity contribution < 1.29 is 22.7 Å². The smallest absolute Gasteiger partial charge is 0.355 e. The van der Waals surface area contributed by atoms with Crippen LogP contribution in [0.15, 0.2) is 58.8 Å². The zero-order valence-electron chi connectivity index (χ0n) is 22.9. The van der Waals surface area contributed by atoms with Crippen molar-refractivity contribution in [2.75, 3.05) is 0 Å². The van der Waals surface area contributed by atoms with Gasteiger partial charge in [0.05, 0.1) is 0 Å². The predicted molar refractivity (Wildman–Crippen MR) is 158 cm³/mol. The zero-order valence-corrected chi connectivity index (χ0v) is 24.6. The summed E-state index contributed by atoms with van der Waals surface area (Å²) >= 11 is 1.27. The Labute approximate surface area is 242 Å². The number of hydrogen-bond acceptors (Lipinski definition) is 5. The lowest BCUT2D eigenvalue weighted by molar-refractivity contribution is 0.0691. The molecule has 0 atom stereocenters. The number of hydrogen-bond donors (Lipinski definition) is 2. The average molecular weight is 592 g/mol. The van der Waals surface area contributed by atoms with E-state index in [1.54, 1.807) is 6.07 Å². The standard InChI is InChI=1S/C31H30FN3O4S2/c1-31(2,3)12-11-19-5-4-6-22(13-19)26-16-23(29-34-25(18-40-29)30(36)37)27(15-20-7-8-20)35(26)17-21-9-10-28(24(32)14-21)41(33,38)39/h4-6,9-10,13-14,16,18,20H,7-8,15,17H2,1-3H3,(H,36,37)(H2,33,38,39). The summed E-state index contributed by atoms with van der Waals surface area (Å²) in [6.45, 7) is 6.40. The van der Waals surface area contributed by atoms with Crippen LogP contribution in [-0.4, -0.2) is 29.0 Å². The van der Waals surface area contributed by atoms with Crippen molar-refractivity contribution in [3.05, 3.63) is 82.2 Å². The molecule has 0 bridgehead atoms. The molecule has 1 fully saturated rings. The van der Waals surface area contributed by atoms with Crippen LogP contribution in [0.4, 0.5) is 4.39 Å². The van der Waals surface area contributed by atoms with E-state index in [9.17, 15) is 22.7 Å². The van der Waals surface area contributed by atoms with Crippen molar-refractivity contribution in [2.24, 2.45) is 16.5 Å². The number of carbonyl (C=O) groups is 1. The predicted octanol–water partition coefficient (Wildman–Crippen LogP) is 6.16. The summed E-state index contributed by atoms with van der Waals surface area (Å²) in [5.41, 5.74) is 4.76. The number of aromatic nitrogens is 2. The van der Waals surface area contributed by atoms with Crippen LogP contribution >= 0.6 is 11.3 Å². The summed E-state index contributed by atoms with van der Waals surface area (Å²) < 4.78 is 40.5. The van der Waals surface area contributed by atoms with Gasteiger partial charge in [-0.05, 0) is 87.4 Å². The van der Waals surface area contributed by atoms with Crippen LogP contribution < -0.4 is 5.14 Å². The van der Waals surface area contributed by atoms with Crippen LogP contribution in [0.1, 0.15) is 60.9 Å². The van der Waals surface area contributed by atoms with Gasteiger partial charge in [-0.2, -0.15) is 0 Å². The van der Waals surface area contributed by atoms with Crippen molar-refractivity contribution in [3.8, 4) is 33.7 Å². The third-order valence-electron chi connectivity index (χ3n) is 6.72. The first kappa shape index (κ1) is 28.7. The number of aromatic carboxylic acids is 1. The van der Waals surface area contributed by atoms with Gasteiger partial charge in [0.15, 0.2) is 5.69 Å². The summed E-state index contributed by atoms with van der Waals surface area (Å²) in [4.78, 5) is 15.4. The average Bonchev–Trinajstić information content (AvgIpc) is 3.44. The number of nitrogens with two attached hydrogens (primary N) is 1. The van der Waals surface area contributed by atoms with Crippen LogP contribution in [0, 0.1) is 29.0 Å². The van der Waals surface area contributed by atoms with Gasteiger partial charge in [0.2, 0.25) is 10.0 Å². The van der Waals surface area contributed by atoms with E-state index in [0.717, 1.165) is 47.3 Å². The summed E-state index contributed by atoms with van der Waals surface area (Å²) in [5, 5.41) is 16.8. The molecule has 212 valence electrons. The van der Waals surface area contributed by atoms with E-state index in [1.165, 1.54) is 28.8 Å². The zero-order chi connectivity index (χ0) is 29.5. The normalized spacial score (nSPS) is 13.6. The van der Waals surface area contributed by atoms with Gasteiger partial charge in [0.25, 0.3) is 0 Å². The molecule has 5 rings (SSSR count). The fourth-order valence-corrected chi connectivity index (χ4v) is 6.00. The van der Waals surface area contributed by atoms with E-state index < -0.39 is 26.7 Å². The molecule has 0 radical (unpaired) electrons. The summed E-state index contributed by atoms with van der Waals surface area (Å²) in [5.74, 6) is 5.00. The Morgan fingerprint density at radius 3 is 2.56 bits per heavy atom. The van der Waals surface area contributed by atoms with Gasteiger partial charge in [0.1, 0.15) is 15.7 Å². The molecule has 10 heteroatoms. The third kappa shape index (κ3) is 6.76. The molecular weight excluding hydrogens is 561 g/mol. The third-order valence-corrected chi connectivity index (χ3v) is 8.54. The molecule has 2 heterocycles. The lowest BCUT2D eigenvalue weighted by atomic mass is 9.97. The highest BCUT2D eigenvalue weighted by Gasteiger charge is 2.28. The number of sulfonamides is 1. The van der Waals surface area contributed by atoms with Gasteiger partial charge in [-0.15, -0.1) is 11.3 Å². The molecule has 0 aliphatic heterocycles. The number of carboxylic acid groups (broad SMARTS) is 1. The van der Waals surface area contributed by atoms with Gasteiger partial charge >= 0.3 is 5.97 Å². The van der Waals surface area contributed by atoms with Crippen molar-refractivity contribution in [3.63, 3.8) is 0 Å². The second-order valence-electron chi connectivity index (χ2n) is 11.4. The lowest BCUT2D eigenvalue weighted by Crippen LogP contribution is -2.14. The van der Waals surface area contributed by atoms with Crippen LogP contribution in [0.2, 0.25) is 0 Å². The molecule has 2 aromatic carbocycles. The van der Waals surface area contributed by atoms with Crippen molar-refractivity contribution in [1.82, 2.24) is 9.55 Å². The number of carboxylic acids is 1. The van der Waals surface area contributed by atoms with Crippen LogP contribution in [0.25, 0.3) is 21.8 Å². The van der Waals surface area contributed by atoms with Gasteiger partial charge in [-0.3, -0.25) is 0 Å². The Kier molecular flexibility index (Phi) is 7.64. The molecule has 7 nitrogen and oxygen atoms in total. The highest BCUT2D eigenvalue weighted by atomic mass is 32.2. The monoisotopic (exact) mass is 591 g/mol. The molecule has 0 unspecified atom stereocenters. The second kappa shape index (κ2) is 10.9. The highest BCUT2D eigenvalue weighted by molar-refractivity contribution is 7.89. The fraction of sp³-hybridized carbons (Fsp3) is 0.290. The Bertz CT molecular complexity index is 1820. The maximum absolute atomic E-state index is 14.8. The number of thiazole rings is 1. The number of rotatable bonds is 8. The summed E-state index contributed by atoms with van der Waals surface area (Å²) in [6.07, 6.45) is 2.93. The largest absolute Gasteiger partial charge is 0.476 e. The van der Waals surface area contributed by atoms with Crippen LogP contribution in [0.5, 0.6) is 0 Å². The van der Waals surface area contributed by atoms with Crippen molar-refractivity contribution in [2.45, 2.75) is 51.5 Å². The van der Waals surface area contributed by atoms with E-state index >= 15 is 0 Å². The number of primary sulfonamides is 1. The Morgan fingerprint density at radius 1 is 1.20 bits per heavy atom. The van der Waals surface area contributed by atoms with E-state index in [0.29, 0.717) is 16.5 Å². The Hall–Kier alpha value is -3.78. The molecule has 0 amide bonds. The molecule has 41 heavy (non-hydrogen) atoms. The first-order valence-corrected chi connectivity index (χ1v) is 15.6. The summed E-state index contributed by atoms with van der Waals surface area (Å²) in [6, 6.07) is 13.8. The lowest BCUT2D eigenvalue weighted by Gasteiger charge is -2.16. The van der Waals surface area contributed by atoms with Gasteiger partial charge in [-0.1, -0.05) is 30.0 Å². The van der Waals surface area contributed by atoms with Crippen molar-refractivity contribution in [1.29, 1.82) is 0 Å². The second-order valence-corrected chi connectivity index (χ2v) is 13.7. The SMILES string of the molecule is CC(C)(C)C#Cc1cccc(-c2cc(-c3nc(C(=O)O)cs3)c(CC3CC3)n2Cc2ccc(S(N)(=O)=O)c(F)c2)c1. The minimum absolute atomic E-state index is 0.0169. The minimum atomic E-state index is -4.20. The van der Waals surface area contributed by atoms with E-state index in [1.807, 2.05) is 51.1 Å². The number of benzene rings is 2. The van der Waals surface area contributed by atoms with E-state index in [-0.39, 0.29) is 17.7 Å². The number of nitrogens with zero attached hydrogens (tertiary/aromatic N) is 2. The first-order valence-electron chi connectivity index (χ1n) is 13.1. The Morgan fingerprint density at radius 2 is 1.95 bits per heavy atom. The maximum atomic E-state index is 14.8. The molecule has 1 aliphatic rings. The highest BCUT2D eigenvalue weighted by Crippen LogP contribution is 2.41. The topological polar surface area (TPSA) is 115 Å². The van der Waals surface area contributed by atoms with Gasteiger partial charge in [-0.25, -0.2) is 27.7 Å². The van der Waals surface area contributed by atoms with E-state index in [4.69, 9.17) is 5.14 Å². The van der Waals surface area contributed by atoms with Crippen LogP contribution in [-0.2, 0) is 23.0 Å². The van der Waals surface area contributed by atoms with Gasteiger partial charge < -0.3 is 9.67 Å². The molecular formula is C31H30FN3O4S2. The number of halogens is 1. The maximum Gasteiger partial charge on any atom is 0.355 e. The summed E-state index contributed by atoms with van der Waals surface area (Å²) in [7, 11) is -4.20. The molecule has 1 aliphatic carbocycles. The van der Waals surface area contributed by atoms with Gasteiger partial charge in [0, 0.05) is 39.9 Å². The molecule has 2 aromatic heterocycles. The van der Waals surface area contributed by atoms with Crippen LogP contribution in [0.3, 0.4) is 0 Å².